The van der Waals surface area contributed by atoms with Gasteiger partial charge in [0, 0.05) is 17.7 Å². The van der Waals surface area contributed by atoms with E-state index < -0.39 is 0 Å². The van der Waals surface area contributed by atoms with Crippen LogP contribution in [0.15, 0.2) is 29.2 Å². The molecule has 2 aromatic rings. The van der Waals surface area contributed by atoms with Gasteiger partial charge in [0.05, 0.1) is 22.7 Å². The molecule has 0 aromatic heterocycles. The van der Waals surface area contributed by atoms with Crippen LogP contribution >= 0.6 is 35.0 Å². The summed E-state index contributed by atoms with van der Waals surface area (Å²) >= 11 is 13.7. The second-order valence-electron chi connectivity index (χ2n) is 5.79. The predicted molar refractivity (Wildman–Crippen MR) is 102 cm³/mol. The van der Waals surface area contributed by atoms with Crippen molar-refractivity contribution in [3.8, 4) is 11.1 Å². The van der Waals surface area contributed by atoms with Crippen LogP contribution in [0.5, 0.6) is 0 Å². The third-order valence-electron chi connectivity index (χ3n) is 4.38. The minimum absolute atomic E-state index is 0.168. The van der Waals surface area contributed by atoms with Gasteiger partial charge in [0.25, 0.3) is 0 Å². The zero-order valence-electron chi connectivity index (χ0n) is 13.8. The van der Waals surface area contributed by atoms with Gasteiger partial charge in [-0.3, -0.25) is 4.79 Å². The normalized spacial score (nSPS) is 13.5. The first-order chi connectivity index (χ1) is 12.0. The highest BCUT2D eigenvalue weighted by Gasteiger charge is 2.28. The Labute approximate surface area is 160 Å². The van der Waals surface area contributed by atoms with E-state index in [1.165, 1.54) is 18.9 Å². The molecule has 0 N–H and O–H groups in total. The number of esters is 1. The van der Waals surface area contributed by atoms with Crippen LogP contribution in [0.2, 0.25) is 10.0 Å². The Morgan fingerprint density at radius 1 is 1.12 bits per heavy atom. The number of benzene rings is 2. The van der Waals surface area contributed by atoms with Gasteiger partial charge in [-0.05, 0) is 53.1 Å². The van der Waals surface area contributed by atoms with Crippen LogP contribution in [0.4, 0.5) is 0 Å². The maximum absolute atomic E-state index is 12.3. The zero-order valence-corrected chi connectivity index (χ0v) is 16.1. The van der Waals surface area contributed by atoms with Crippen LogP contribution in [0, 0.1) is 0 Å². The summed E-state index contributed by atoms with van der Waals surface area (Å²) < 4.78 is 4.98. The van der Waals surface area contributed by atoms with E-state index in [0.29, 0.717) is 34.9 Å². The van der Waals surface area contributed by atoms with Crippen molar-refractivity contribution in [1.82, 2.24) is 0 Å². The van der Waals surface area contributed by atoms with Crippen LogP contribution in [0.1, 0.15) is 27.9 Å². The van der Waals surface area contributed by atoms with Crippen molar-refractivity contribution in [2.24, 2.45) is 0 Å². The lowest BCUT2D eigenvalue weighted by atomic mass is 9.82. The van der Waals surface area contributed by atoms with E-state index in [-0.39, 0.29) is 11.8 Å². The second-order valence-corrected chi connectivity index (χ2v) is 7.46. The molecule has 0 saturated carbocycles. The monoisotopic (exact) mass is 394 g/mol. The molecule has 0 aliphatic heterocycles. The van der Waals surface area contributed by atoms with E-state index in [1.54, 1.807) is 12.1 Å². The Kier molecular flexibility index (Phi) is 5.42. The van der Waals surface area contributed by atoms with Gasteiger partial charge in [0.1, 0.15) is 5.78 Å². The molecule has 3 rings (SSSR count). The molecular weight excluding hydrogens is 379 g/mol. The SMILES string of the molecule is COC(=O)c1c(SC)cc(-c2ccc(Cl)c(Cl)c2)c2c1CCC(=O)C2. The number of thioether (sulfide) groups is 1. The van der Waals surface area contributed by atoms with E-state index in [0.717, 1.165) is 27.1 Å². The van der Waals surface area contributed by atoms with Gasteiger partial charge in [-0.25, -0.2) is 4.79 Å². The summed E-state index contributed by atoms with van der Waals surface area (Å²) in [4.78, 5) is 25.2. The molecule has 0 heterocycles. The van der Waals surface area contributed by atoms with Crippen LogP contribution in [0.3, 0.4) is 0 Å². The standard InChI is InChI=1S/C19H16Cl2O3S/c1-24-19(23)18-12-5-4-11(22)8-14(12)13(9-17(18)25-2)10-3-6-15(20)16(21)7-10/h3,6-7,9H,4-5,8H2,1-2H3. The van der Waals surface area contributed by atoms with Crippen molar-refractivity contribution in [3.05, 3.63) is 51.0 Å². The third-order valence-corrected chi connectivity index (χ3v) is 5.88. The second kappa shape index (κ2) is 7.40. The van der Waals surface area contributed by atoms with Crippen molar-refractivity contribution in [2.75, 3.05) is 13.4 Å². The molecule has 1 aliphatic carbocycles. The summed E-state index contributed by atoms with van der Waals surface area (Å²) in [6.45, 7) is 0. The van der Waals surface area contributed by atoms with Gasteiger partial charge >= 0.3 is 5.97 Å². The average Bonchev–Trinajstić information content (AvgIpc) is 2.62. The first-order valence-electron chi connectivity index (χ1n) is 7.74. The van der Waals surface area contributed by atoms with E-state index >= 15 is 0 Å². The Morgan fingerprint density at radius 2 is 1.88 bits per heavy atom. The molecule has 0 unspecified atom stereocenters. The zero-order chi connectivity index (χ0) is 18.1. The van der Waals surface area contributed by atoms with E-state index in [1.807, 2.05) is 18.4 Å². The number of carbonyl (C=O) groups is 2. The van der Waals surface area contributed by atoms with Crippen LogP contribution in [-0.4, -0.2) is 25.1 Å². The number of methoxy groups -OCH3 is 1. The Balaban J connectivity index is 2.30. The van der Waals surface area contributed by atoms with Crippen LogP contribution < -0.4 is 0 Å². The number of hydrogen-bond acceptors (Lipinski definition) is 4. The van der Waals surface area contributed by atoms with Crippen molar-refractivity contribution >= 4 is 46.7 Å². The minimum atomic E-state index is -0.365. The fourth-order valence-electron chi connectivity index (χ4n) is 3.19. The van der Waals surface area contributed by atoms with Crippen molar-refractivity contribution in [3.63, 3.8) is 0 Å². The molecule has 0 bridgehead atoms. The fourth-order valence-corrected chi connectivity index (χ4v) is 4.13. The number of carbonyl (C=O) groups excluding carboxylic acids is 2. The molecular formula is C19H16Cl2O3S. The fraction of sp³-hybridized carbons (Fsp3) is 0.263. The lowest BCUT2D eigenvalue weighted by molar-refractivity contribution is -0.118. The highest BCUT2D eigenvalue weighted by molar-refractivity contribution is 7.98. The first kappa shape index (κ1) is 18.3. The van der Waals surface area contributed by atoms with Gasteiger partial charge in [-0.1, -0.05) is 29.3 Å². The third kappa shape index (κ3) is 3.43. The number of halogens is 2. The molecule has 0 atom stereocenters. The quantitative estimate of drug-likeness (QED) is 0.528. The molecule has 25 heavy (non-hydrogen) atoms. The van der Waals surface area contributed by atoms with Gasteiger partial charge < -0.3 is 4.74 Å². The number of ketones is 1. The lowest BCUT2D eigenvalue weighted by Gasteiger charge is -2.24. The smallest absolute Gasteiger partial charge is 0.339 e. The number of rotatable bonds is 3. The van der Waals surface area contributed by atoms with Crippen LogP contribution in [-0.2, 0) is 22.4 Å². The topological polar surface area (TPSA) is 43.4 Å². The van der Waals surface area contributed by atoms with E-state index in [2.05, 4.69) is 0 Å². The molecule has 3 nitrogen and oxygen atoms in total. The van der Waals surface area contributed by atoms with Crippen molar-refractivity contribution in [2.45, 2.75) is 24.2 Å². The van der Waals surface area contributed by atoms with Gasteiger partial charge in [-0.2, -0.15) is 0 Å². The molecule has 0 spiro atoms. The lowest BCUT2D eigenvalue weighted by Crippen LogP contribution is -2.19. The Bertz CT molecular complexity index is 877. The summed E-state index contributed by atoms with van der Waals surface area (Å²) in [5.41, 5.74) is 4.15. The number of Topliss-reactive ketones (excluding diaryl/α,β-unsaturated/α-hetero) is 1. The maximum atomic E-state index is 12.3. The molecule has 2 aromatic carbocycles. The van der Waals surface area contributed by atoms with E-state index in [4.69, 9.17) is 27.9 Å². The van der Waals surface area contributed by atoms with Gasteiger partial charge in [0.15, 0.2) is 0 Å². The average molecular weight is 395 g/mol. The number of fused-ring (bicyclic) bond motifs is 1. The Morgan fingerprint density at radius 3 is 2.52 bits per heavy atom. The number of hydrogen-bond donors (Lipinski definition) is 0. The largest absolute Gasteiger partial charge is 0.465 e. The maximum Gasteiger partial charge on any atom is 0.339 e. The van der Waals surface area contributed by atoms with Crippen molar-refractivity contribution < 1.29 is 14.3 Å². The first-order valence-corrected chi connectivity index (χ1v) is 9.72. The minimum Gasteiger partial charge on any atom is -0.465 e. The summed E-state index contributed by atoms with van der Waals surface area (Å²) in [5, 5.41) is 0.935. The Hall–Kier alpha value is -1.49. The molecule has 6 heteroatoms. The highest BCUT2D eigenvalue weighted by Crippen LogP contribution is 2.39. The van der Waals surface area contributed by atoms with Gasteiger partial charge in [-0.15, -0.1) is 11.8 Å². The molecule has 0 radical (unpaired) electrons. The molecule has 0 fully saturated rings. The molecule has 1 aliphatic rings. The summed E-state index contributed by atoms with van der Waals surface area (Å²) in [7, 11) is 1.37. The van der Waals surface area contributed by atoms with E-state index in [9.17, 15) is 9.59 Å². The van der Waals surface area contributed by atoms with Crippen LogP contribution in [0.25, 0.3) is 11.1 Å². The summed E-state index contributed by atoms with van der Waals surface area (Å²) in [6.07, 6.45) is 3.21. The summed E-state index contributed by atoms with van der Waals surface area (Å²) in [5.74, 6) is -0.197. The molecule has 130 valence electrons. The highest BCUT2D eigenvalue weighted by atomic mass is 35.5. The predicted octanol–water partition coefficient (Wildman–Crippen LogP) is 5.23. The molecule has 0 saturated heterocycles. The van der Waals surface area contributed by atoms with Gasteiger partial charge in [0.2, 0.25) is 0 Å². The number of ether oxygens (including phenoxy) is 1. The molecule has 0 amide bonds. The van der Waals surface area contributed by atoms with Crippen molar-refractivity contribution in [1.29, 1.82) is 0 Å². The summed E-state index contributed by atoms with van der Waals surface area (Å²) in [6, 6.07) is 7.35.